The molecule has 2 heteroatoms. The lowest BCUT2D eigenvalue weighted by atomic mass is 10.0. The molecule has 1 aromatic carbocycles. The Morgan fingerprint density at radius 3 is 1.00 bits per heavy atom. The van der Waals surface area contributed by atoms with Gasteiger partial charge in [0.25, 0.3) is 0 Å². The predicted molar refractivity (Wildman–Crippen MR) is 201 cm³/mol. The van der Waals surface area contributed by atoms with Crippen molar-refractivity contribution in [1.29, 1.82) is 0 Å². The molecule has 0 saturated carbocycles. The summed E-state index contributed by atoms with van der Waals surface area (Å²) in [6.45, 7) is 10.3. The second kappa shape index (κ2) is 34.2. The molecule has 0 spiro atoms. The SMILES string of the molecule is [CH2]c1ccc(OCCCCCCCCCCCCCCCCCC)cc1OCCCCCCCCCCCCCCCCCC. The van der Waals surface area contributed by atoms with E-state index in [1.54, 1.807) is 0 Å². The van der Waals surface area contributed by atoms with E-state index in [2.05, 4.69) is 20.8 Å². The van der Waals surface area contributed by atoms with Crippen molar-refractivity contribution in [3.8, 4) is 11.5 Å². The molecule has 1 aromatic rings. The summed E-state index contributed by atoms with van der Waals surface area (Å²) in [7, 11) is 0. The Hall–Kier alpha value is -1.18. The predicted octanol–water partition coefficient (Wildman–Crippen LogP) is 15.1. The maximum Gasteiger partial charge on any atom is 0.126 e. The van der Waals surface area contributed by atoms with Crippen molar-refractivity contribution >= 4 is 0 Å². The quantitative estimate of drug-likeness (QED) is 0.0689. The molecule has 0 N–H and O–H groups in total. The number of ether oxygens (including phenoxy) is 2. The lowest BCUT2D eigenvalue weighted by Crippen LogP contribution is -2.01. The number of unbranched alkanes of at least 4 members (excludes halogenated alkanes) is 30. The van der Waals surface area contributed by atoms with Gasteiger partial charge in [0.1, 0.15) is 11.5 Å². The van der Waals surface area contributed by atoms with E-state index in [-0.39, 0.29) is 0 Å². The molecule has 0 aromatic heterocycles. The fourth-order valence-electron chi connectivity index (χ4n) is 6.43. The molecule has 1 rings (SSSR count). The number of hydrogen-bond donors (Lipinski definition) is 0. The zero-order chi connectivity index (χ0) is 32.3. The number of rotatable bonds is 36. The normalized spacial score (nSPS) is 11.4. The van der Waals surface area contributed by atoms with Crippen LogP contribution in [-0.2, 0) is 0 Å². The van der Waals surface area contributed by atoms with E-state index in [4.69, 9.17) is 9.47 Å². The van der Waals surface area contributed by atoms with Gasteiger partial charge in [-0.15, -0.1) is 0 Å². The molecule has 0 saturated heterocycles. The molecule has 0 aliphatic carbocycles. The van der Waals surface area contributed by atoms with Gasteiger partial charge in [-0.05, 0) is 31.4 Å². The summed E-state index contributed by atoms with van der Waals surface area (Å²) < 4.78 is 12.1. The third-order valence-corrected chi connectivity index (χ3v) is 9.56. The van der Waals surface area contributed by atoms with Crippen molar-refractivity contribution in [3.63, 3.8) is 0 Å². The highest BCUT2D eigenvalue weighted by Crippen LogP contribution is 2.25. The van der Waals surface area contributed by atoms with Crippen LogP contribution in [0.1, 0.15) is 225 Å². The largest absolute Gasteiger partial charge is 0.493 e. The van der Waals surface area contributed by atoms with Crippen LogP contribution in [0, 0.1) is 6.92 Å². The first kappa shape index (κ1) is 41.8. The number of hydrogen-bond acceptors (Lipinski definition) is 2. The van der Waals surface area contributed by atoms with Crippen molar-refractivity contribution in [2.45, 2.75) is 219 Å². The van der Waals surface area contributed by atoms with Crippen LogP contribution in [0.2, 0.25) is 0 Å². The Morgan fingerprint density at radius 2 is 0.667 bits per heavy atom. The Morgan fingerprint density at radius 1 is 0.378 bits per heavy atom. The third-order valence-electron chi connectivity index (χ3n) is 9.56. The second-order valence-electron chi connectivity index (χ2n) is 14.1. The van der Waals surface area contributed by atoms with Crippen LogP contribution in [0.25, 0.3) is 0 Å². The highest BCUT2D eigenvalue weighted by atomic mass is 16.5. The molecule has 0 aliphatic rings. The van der Waals surface area contributed by atoms with Gasteiger partial charge in [-0.1, -0.05) is 213 Å². The maximum atomic E-state index is 6.09. The zero-order valence-electron chi connectivity index (χ0n) is 30.8. The molecule has 0 amide bonds. The lowest BCUT2D eigenvalue weighted by molar-refractivity contribution is 0.289. The Labute approximate surface area is 283 Å². The maximum absolute atomic E-state index is 6.09. The van der Waals surface area contributed by atoms with Gasteiger partial charge >= 0.3 is 0 Å². The van der Waals surface area contributed by atoms with Crippen LogP contribution in [0.4, 0.5) is 0 Å². The molecule has 0 aliphatic heterocycles. The summed E-state index contributed by atoms with van der Waals surface area (Å²) in [5.74, 6) is 1.81. The van der Waals surface area contributed by atoms with Gasteiger partial charge in [0.2, 0.25) is 0 Å². The Balaban J connectivity index is 1.89. The van der Waals surface area contributed by atoms with Crippen molar-refractivity contribution in [2.75, 3.05) is 13.2 Å². The molecule has 0 atom stereocenters. The van der Waals surface area contributed by atoms with Crippen molar-refractivity contribution in [1.82, 2.24) is 0 Å². The van der Waals surface area contributed by atoms with Gasteiger partial charge in [-0.2, -0.15) is 0 Å². The molecular formula is C43H79O2. The van der Waals surface area contributed by atoms with E-state index in [0.717, 1.165) is 43.1 Å². The molecule has 45 heavy (non-hydrogen) atoms. The van der Waals surface area contributed by atoms with Crippen LogP contribution < -0.4 is 9.47 Å². The van der Waals surface area contributed by atoms with Crippen LogP contribution in [-0.4, -0.2) is 13.2 Å². The first-order valence-corrected chi connectivity index (χ1v) is 20.5. The molecular weight excluding hydrogens is 548 g/mol. The Kier molecular flexibility index (Phi) is 31.8. The van der Waals surface area contributed by atoms with E-state index in [1.807, 2.05) is 18.2 Å². The lowest BCUT2D eigenvalue weighted by Gasteiger charge is -2.12. The minimum atomic E-state index is 0.781. The van der Waals surface area contributed by atoms with Gasteiger partial charge in [-0.25, -0.2) is 0 Å². The first-order valence-electron chi connectivity index (χ1n) is 20.5. The average Bonchev–Trinajstić information content (AvgIpc) is 3.05. The van der Waals surface area contributed by atoms with Gasteiger partial charge in [-0.3, -0.25) is 0 Å². The van der Waals surface area contributed by atoms with Crippen LogP contribution in [0.3, 0.4) is 0 Å². The van der Waals surface area contributed by atoms with Gasteiger partial charge in [0.15, 0.2) is 0 Å². The minimum absolute atomic E-state index is 0.781. The summed E-state index contributed by atoms with van der Waals surface area (Å²) in [6.07, 6.45) is 44.6. The minimum Gasteiger partial charge on any atom is -0.493 e. The van der Waals surface area contributed by atoms with E-state index >= 15 is 0 Å². The van der Waals surface area contributed by atoms with Crippen LogP contribution in [0.15, 0.2) is 18.2 Å². The summed E-state index contributed by atoms with van der Waals surface area (Å²) in [5.41, 5.74) is 0.959. The summed E-state index contributed by atoms with van der Waals surface area (Å²) in [6, 6.07) is 6.11. The first-order chi connectivity index (χ1) is 22.3. The highest BCUT2D eigenvalue weighted by Gasteiger charge is 2.04. The average molecular weight is 628 g/mol. The second-order valence-corrected chi connectivity index (χ2v) is 14.1. The van der Waals surface area contributed by atoms with Crippen LogP contribution >= 0.6 is 0 Å². The smallest absolute Gasteiger partial charge is 0.126 e. The standard InChI is InChI=1S/C43H79O2/c1-4-6-8-10-12-14-16-18-20-22-24-26-28-30-32-34-38-44-42-37-36-41(3)43(40-42)45-39-35-33-31-29-27-25-23-21-19-17-15-13-11-9-7-5-2/h36-37,40H,3-35,38-39H2,1-2H3. The van der Waals surface area contributed by atoms with Crippen molar-refractivity contribution in [3.05, 3.63) is 30.7 Å². The van der Waals surface area contributed by atoms with E-state index in [9.17, 15) is 0 Å². The van der Waals surface area contributed by atoms with E-state index in [0.29, 0.717) is 0 Å². The zero-order valence-corrected chi connectivity index (χ0v) is 30.8. The fourth-order valence-corrected chi connectivity index (χ4v) is 6.43. The Bertz CT molecular complexity index is 714. The molecule has 0 unspecified atom stereocenters. The molecule has 0 fully saturated rings. The molecule has 263 valence electrons. The summed E-state index contributed by atoms with van der Waals surface area (Å²) in [5, 5.41) is 0. The number of benzene rings is 1. The molecule has 0 heterocycles. The molecule has 2 nitrogen and oxygen atoms in total. The molecule has 1 radical (unpaired) electrons. The topological polar surface area (TPSA) is 18.5 Å². The third kappa shape index (κ3) is 28.7. The van der Waals surface area contributed by atoms with E-state index < -0.39 is 0 Å². The fraction of sp³-hybridized carbons (Fsp3) is 0.837. The summed E-state index contributed by atoms with van der Waals surface area (Å²) in [4.78, 5) is 0. The van der Waals surface area contributed by atoms with Gasteiger partial charge in [0, 0.05) is 6.07 Å². The monoisotopic (exact) mass is 628 g/mol. The summed E-state index contributed by atoms with van der Waals surface area (Å²) >= 11 is 0. The molecule has 0 bridgehead atoms. The van der Waals surface area contributed by atoms with Crippen LogP contribution in [0.5, 0.6) is 11.5 Å². The van der Waals surface area contributed by atoms with E-state index in [1.165, 1.54) is 193 Å². The van der Waals surface area contributed by atoms with Crippen molar-refractivity contribution < 1.29 is 9.47 Å². The van der Waals surface area contributed by atoms with Gasteiger partial charge in [0.05, 0.1) is 13.2 Å². The highest BCUT2D eigenvalue weighted by molar-refractivity contribution is 5.42. The van der Waals surface area contributed by atoms with Gasteiger partial charge < -0.3 is 9.47 Å². The van der Waals surface area contributed by atoms with Crippen molar-refractivity contribution in [2.24, 2.45) is 0 Å².